The van der Waals surface area contributed by atoms with Crippen LogP contribution in [0.2, 0.25) is 15.1 Å². The zero-order valence-electron chi connectivity index (χ0n) is 14.0. The number of rotatable bonds is 5. The number of carbonyl (C=O) groups excluding carboxylic acids is 1. The minimum atomic E-state index is -4.79. The van der Waals surface area contributed by atoms with Crippen molar-refractivity contribution >= 4 is 62.1 Å². The maximum atomic E-state index is 13.1. The molecule has 152 valence electrons. The number of nitrogens with one attached hydrogen (secondary N) is 1. The van der Waals surface area contributed by atoms with E-state index in [-0.39, 0.29) is 21.4 Å². The normalized spacial score (nSPS) is 12.0. The highest BCUT2D eigenvalue weighted by Gasteiger charge is 2.34. The van der Waals surface area contributed by atoms with Crippen molar-refractivity contribution in [2.45, 2.75) is 6.18 Å². The molecule has 2 rings (SSSR count). The van der Waals surface area contributed by atoms with Gasteiger partial charge in [-0.05, 0) is 36.4 Å². The zero-order valence-corrected chi connectivity index (χ0v) is 17.1. The number of carbonyl (C=O) groups is 1. The molecule has 1 amide bonds. The van der Waals surface area contributed by atoms with Crippen molar-refractivity contribution in [3.05, 3.63) is 57.0 Å². The van der Waals surface area contributed by atoms with E-state index < -0.39 is 39.2 Å². The molecule has 0 aliphatic carbocycles. The summed E-state index contributed by atoms with van der Waals surface area (Å²) >= 11 is 17.2. The van der Waals surface area contributed by atoms with Gasteiger partial charge in [-0.2, -0.15) is 13.2 Å². The van der Waals surface area contributed by atoms with Gasteiger partial charge >= 0.3 is 6.18 Å². The van der Waals surface area contributed by atoms with E-state index >= 15 is 0 Å². The van der Waals surface area contributed by atoms with Crippen LogP contribution >= 0.6 is 34.8 Å². The lowest BCUT2D eigenvalue weighted by molar-refractivity contribution is -0.137. The van der Waals surface area contributed by atoms with Gasteiger partial charge in [-0.3, -0.25) is 9.10 Å². The number of hydrogen-bond donors (Lipinski definition) is 1. The maximum absolute atomic E-state index is 13.1. The fourth-order valence-corrected chi connectivity index (χ4v) is 3.56. The van der Waals surface area contributed by atoms with Crippen LogP contribution in [0, 0.1) is 0 Å². The Labute approximate surface area is 174 Å². The van der Waals surface area contributed by atoms with Crippen molar-refractivity contribution in [1.82, 2.24) is 0 Å². The molecular weight excluding hydrogens is 464 g/mol. The minimum Gasteiger partial charge on any atom is -0.324 e. The van der Waals surface area contributed by atoms with Crippen molar-refractivity contribution in [3.8, 4) is 0 Å². The molecule has 0 aromatic heterocycles. The van der Waals surface area contributed by atoms with E-state index in [0.29, 0.717) is 10.4 Å². The Morgan fingerprint density at radius 1 is 1.04 bits per heavy atom. The van der Waals surface area contributed by atoms with Crippen LogP contribution in [-0.4, -0.2) is 27.1 Å². The molecule has 0 heterocycles. The summed E-state index contributed by atoms with van der Waals surface area (Å²) in [5.41, 5.74) is -1.34. The first-order valence-corrected chi connectivity index (χ1v) is 10.4. The van der Waals surface area contributed by atoms with Crippen LogP contribution in [-0.2, 0) is 21.0 Å². The van der Waals surface area contributed by atoms with E-state index in [4.69, 9.17) is 34.8 Å². The zero-order chi connectivity index (χ0) is 21.3. The molecule has 0 saturated carbocycles. The van der Waals surface area contributed by atoms with Crippen LogP contribution < -0.4 is 9.62 Å². The third kappa shape index (κ3) is 5.66. The summed E-state index contributed by atoms with van der Waals surface area (Å²) in [6.07, 6.45) is -4.03. The van der Waals surface area contributed by atoms with Crippen LogP contribution in [0.15, 0.2) is 36.4 Å². The summed E-state index contributed by atoms with van der Waals surface area (Å²) in [6.45, 7) is -0.766. The molecule has 2 aromatic rings. The van der Waals surface area contributed by atoms with Crippen LogP contribution in [0.25, 0.3) is 0 Å². The first-order chi connectivity index (χ1) is 12.8. The number of nitrogens with zero attached hydrogens (tertiary/aromatic N) is 1. The van der Waals surface area contributed by atoms with Crippen molar-refractivity contribution in [1.29, 1.82) is 0 Å². The molecular formula is C16H12Cl3F3N2O3S. The largest absolute Gasteiger partial charge is 0.417 e. The van der Waals surface area contributed by atoms with Gasteiger partial charge in [-0.1, -0.05) is 34.8 Å². The fourth-order valence-electron chi connectivity index (χ4n) is 2.19. The monoisotopic (exact) mass is 474 g/mol. The Morgan fingerprint density at radius 2 is 1.64 bits per heavy atom. The highest BCUT2D eigenvalue weighted by Crippen LogP contribution is 2.37. The van der Waals surface area contributed by atoms with Crippen LogP contribution in [0.3, 0.4) is 0 Å². The molecule has 2 aromatic carbocycles. The number of hydrogen-bond acceptors (Lipinski definition) is 3. The Kier molecular flexibility index (Phi) is 6.75. The SMILES string of the molecule is CS(=O)(=O)N(CC(=O)Nc1ccc(Cl)c(Cl)c1)c1ccc(Cl)c(C(F)(F)F)c1. The smallest absolute Gasteiger partial charge is 0.324 e. The van der Waals surface area contributed by atoms with Crippen molar-refractivity contribution < 1.29 is 26.4 Å². The third-order valence-corrected chi connectivity index (χ3v) is 5.64. The maximum Gasteiger partial charge on any atom is 0.417 e. The van der Waals surface area contributed by atoms with Gasteiger partial charge in [-0.25, -0.2) is 8.42 Å². The molecule has 5 nitrogen and oxygen atoms in total. The molecule has 0 bridgehead atoms. The highest BCUT2D eigenvalue weighted by atomic mass is 35.5. The van der Waals surface area contributed by atoms with Gasteiger partial charge in [0.1, 0.15) is 6.54 Å². The van der Waals surface area contributed by atoms with Crippen molar-refractivity contribution in [3.63, 3.8) is 0 Å². The number of sulfonamides is 1. The van der Waals surface area contributed by atoms with Gasteiger partial charge < -0.3 is 5.32 Å². The van der Waals surface area contributed by atoms with Crippen LogP contribution in [0.4, 0.5) is 24.5 Å². The second kappa shape index (κ2) is 8.36. The first-order valence-electron chi connectivity index (χ1n) is 7.38. The van der Waals surface area contributed by atoms with E-state index in [0.717, 1.165) is 18.4 Å². The summed E-state index contributed by atoms with van der Waals surface area (Å²) < 4.78 is 63.8. The summed E-state index contributed by atoms with van der Waals surface area (Å²) in [5.74, 6) is -0.799. The Morgan fingerprint density at radius 3 is 2.18 bits per heavy atom. The quantitative estimate of drug-likeness (QED) is 0.656. The average molecular weight is 476 g/mol. The molecule has 0 aliphatic heterocycles. The lowest BCUT2D eigenvalue weighted by atomic mass is 10.2. The summed E-state index contributed by atoms with van der Waals surface area (Å²) in [5, 5.41) is 2.22. The number of amides is 1. The minimum absolute atomic E-state index is 0.159. The van der Waals surface area contributed by atoms with Crippen molar-refractivity contribution in [2.24, 2.45) is 0 Å². The molecule has 12 heteroatoms. The van der Waals surface area contributed by atoms with E-state index in [2.05, 4.69) is 5.32 Å². The number of benzene rings is 2. The second-order valence-corrected chi connectivity index (χ2v) is 8.74. The highest BCUT2D eigenvalue weighted by molar-refractivity contribution is 7.92. The third-order valence-electron chi connectivity index (χ3n) is 3.43. The molecule has 0 aliphatic rings. The molecule has 0 saturated heterocycles. The van der Waals surface area contributed by atoms with Crippen LogP contribution in [0.1, 0.15) is 5.56 Å². The predicted molar refractivity (Wildman–Crippen MR) is 104 cm³/mol. The van der Waals surface area contributed by atoms with E-state index in [9.17, 15) is 26.4 Å². The van der Waals surface area contributed by atoms with Gasteiger partial charge in [0.25, 0.3) is 0 Å². The Balaban J connectivity index is 2.32. The molecule has 28 heavy (non-hydrogen) atoms. The number of alkyl halides is 3. The number of anilines is 2. The Hall–Kier alpha value is -1.68. The molecule has 0 unspecified atom stereocenters. The van der Waals surface area contributed by atoms with Gasteiger partial charge in [0.05, 0.1) is 32.6 Å². The lowest BCUT2D eigenvalue weighted by Crippen LogP contribution is -2.37. The van der Waals surface area contributed by atoms with Gasteiger partial charge in [-0.15, -0.1) is 0 Å². The molecule has 0 radical (unpaired) electrons. The van der Waals surface area contributed by atoms with E-state index in [1.807, 2.05) is 0 Å². The predicted octanol–water partition coefficient (Wildman–Crippen LogP) is 5.07. The fraction of sp³-hybridized carbons (Fsp3) is 0.188. The standard InChI is InChI=1S/C16H12Cl3F3N2O3S/c1-28(26,27)24(10-3-5-12(17)11(7-10)16(20,21)22)8-15(25)23-9-2-4-13(18)14(19)6-9/h2-7H,8H2,1H3,(H,23,25). The average Bonchev–Trinajstić information content (AvgIpc) is 2.55. The lowest BCUT2D eigenvalue weighted by Gasteiger charge is -2.23. The molecule has 0 spiro atoms. The van der Waals surface area contributed by atoms with Crippen LogP contribution in [0.5, 0.6) is 0 Å². The number of halogens is 6. The molecule has 1 N–H and O–H groups in total. The molecule has 0 fully saturated rings. The molecule has 0 atom stereocenters. The van der Waals surface area contributed by atoms with E-state index in [1.165, 1.54) is 18.2 Å². The topological polar surface area (TPSA) is 66.5 Å². The second-order valence-electron chi connectivity index (χ2n) is 5.61. The first kappa shape index (κ1) is 22.6. The van der Waals surface area contributed by atoms with Gasteiger partial charge in [0, 0.05) is 5.69 Å². The van der Waals surface area contributed by atoms with Gasteiger partial charge in [0.2, 0.25) is 15.9 Å². The summed E-state index contributed by atoms with van der Waals surface area (Å²) in [7, 11) is -4.08. The summed E-state index contributed by atoms with van der Waals surface area (Å²) in [6, 6.07) is 6.75. The van der Waals surface area contributed by atoms with Crippen molar-refractivity contribution in [2.75, 3.05) is 22.4 Å². The summed E-state index contributed by atoms with van der Waals surface area (Å²) in [4.78, 5) is 12.2. The van der Waals surface area contributed by atoms with E-state index in [1.54, 1.807) is 0 Å². The Bertz CT molecular complexity index is 1010. The van der Waals surface area contributed by atoms with Gasteiger partial charge in [0.15, 0.2) is 0 Å².